The van der Waals surface area contributed by atoms with Gasteiger partial charge in [-0.15, -0.1) is 0 Å². The Bertz CT molecular complexity index is 523. The lowest BCUT2D eigenvalue weighted by Crippen LogP contribution is -1.80. The number of thiophene rings is 1. The van der Waals surface area contributed by atoms with Gasteiger partial charge in [0, 0.05) is 23.3 Å². The topological polar surface area (TPSA) is 43.1 Å². The average molecular weight is 431 g/mol. The molecule has 0 spiro atoms. The molecule has 3 nitrogen and oxygen atoms in total. The third kappa shape index (κ3) is 1.87. The van der Waals surface area contributed by atoms with Crippen LogP contribution in [0.15, 0.2) is 18.2 Å². The van der Waals surface area contributed by atoms with Gasteiger partial charge in [-0.1, -0.05) is 11.3 Å². The number of rotatable bonds is 1. The van der Waals surface area contributed by atoms with Crippen molar-refractivity contribution in [3.05, 3.63) is 35.5 Å². The van der Waals surface area contributed by atoms with Crippen molar-refractivity contribution < 1.29 is 4.92 Å². The molecule has 6 heteroatoms. The maximum absolute atomic E-state index is 10.6. The van der Waals surface area contributed by atoms with Gasteiger partial charge >= 0.3 is 5.00 Å². The second kappa shape index (κ2) is 3.89. The summed E-state index contributed by atoms with van der Waals surface area (Å²) in [5.74, 6) is 0. The Morgan fingerprint density at radius 1 is 1.29 bits per heavy atom. The first-order valence-corrected chi connectivity index (χ1v) is 6.58. The van der Waals surface area contributed by atoms with Gasteiger partial charge in [0.25, 0.3) is 0 Å². The van der Waals surface area contributed by atoms with E-state index < -0.39 is 0 Å². The molecule has 2 rings (SSSR count). The van der Waals surface area contributed by atoms with Crippen molar-refractivity contribution in [2.45, 2.75) is 0 Å². The molecule has 0 saturated carbocycles. The van der Waals surface area contributed by atoms with Gasteiger partial charge in [-0.05, 0) is 57.3 Å². The molecule has 1 aromatic heterocycles. The van der Waals surface area contributed by atoms with E-state index in [1.807, 2.05) is 12.1 Å². The molecular formula is C8H3I2NO2S. The smallest absolute Gasteiger partial charge is 0.258 e. The van der Waals surface area contributed by atoms with Gasteiger partial charge in [-0.3, -0.25) is 10.1 Å². The summed E-state index contributed by atoms with van der Waals surface area (Å²) in [5, 5.41) is 11.8. The van der Waals surface area contributed by atoms with Crippen molar-refractivity contribution in [2.75, 3.05) is 0 Å². The summed E-state index contributed by atoms with van der Waals surface area (Å²) in [6, 6.07) is 5.62. The maximum atomic E-state index is 10.6. The number of hydrogen-bond acceptors (Lipinski definition) is 3. The van der Waals surface area contributed by atoms with Crippen LogP contribution >= 0.6 is 56.5 Å². The fourth-order valence-electron chi connectivity index (χ4n) is 1.14. The molecule has 0 bridgehead atoms. The molecule has 1 aromatic carbocycles. The summed E-state index contributed by atoms with van der Waals surface area (Å²) in [6.07, 6.45) is 0. The van der Waals surface area contributed by atoms with Gasteiger partial charge in [0.05, 0.1) is 4.92 Å². The van der Waals surface area contributed by atoms with E-state index in [2.05, 4.69) is 45.2 Å². The van der Waals surface area contributed by atoms with Crippen molar-refractivity contribution >= 4 is 71.6 Å². The summed E-state index contributed by atoms with van der Waals surface area (Å²) in [6.45, 7) is 0. The van der Waals surface area contributed by atoms with E-state index in [9.17, 15) is 10.1 Å². The van der Waals surface area contributed by atoms with Crippen LogP contribution in [0.4, 0.5) is 5.00 Å². The van der Waals surface area contributed by atoms with E-state index in [4.69, 9.17) is 0 Å². The molecule has 0 aliphatic heterocycles. The Hall–Kier alpha value is 0.0400. The fourth-order valence-corrected chi connectivity index (χ4v) is 4.48. The minimum Gasteiger partial charge on any atom is -0.258 e. The highest BCUT2D eigenvalue weighted by atomic mass is 127. The Kier molecular flexibility index (Phi) is 2.93. The van der Waals surface area contributed by atoms with Crippen LogP contribution < -0.4 is 0 Å². The molecule has 14 heavy (non-hydrogen) atoms. The molecule has 0 amide bonds. The second-order valence-corrected chi connectivity index (χ2v) is 6.11. The normalized spacial score (nSPS) is 10.7. The van der Waals surface area contributed by atoms with Crippen LogP contribution in [-0.2, 0) is 0 Å². The Morgan fingerprint density at radius 2 is 2.00 bits per heavy atom. The standard InChI is InChI=1S/C8H3I2NO2S/c9-4-1-6(10)5-3-8(11(12)13)14-7(5)2-4/h1-3H. The van der Waals surface area contributed by atoms with E-state index in [1.54, 1.807) is 6.07 Å². The first-order valence-electron chi connectivity index (χ1n) is 3.61. The predicted octanol–water partition coefficient (Wildman–Crippen LogP) is 4.02. The zero-order chi connectivity index (χ0) is 10.3. The van der Waals surface area contributed by atoms with Crippen LogP contribution in [0.2, 0.25) is 0 Å². The van der Waals surface area contributed by atoms with Crippen molar-refractivity contribution in [2.24, 2.45) is 0 Å². The number of fused-ring (bicyclic) bond motifs is 1. The number of hydrogen-bond donors (Lipinski definition) is 0. The average Bonchev–Trinajstić information content (AvgIpc) is 2.47. The zero-order valence-electron chi connectivity index (χ0n) is 6.66. The van der Waals surface area contributed by atoms with Crippen molar-refractivity contribution in [1.82, 2.24) is 0 Å². The zero-order valence-corrected chi connectivity index (χ0v) is 11.8. The van der Waals surface area contributed by atoms with Gasteiger partial charge in [-0.2, -0.15) is 0 Å². The third-order valence-electron chi connectivity index (χ3n) is 1.72. The highest BCUT2D eigenvalue weighted by Gasteiger charge is 2.13. The minimum absolute atomic E-state index is 0.208. The number of nitro groups is 1. The maximum Gasteiger partial charge on any atom is 0.325 e. The third-order valence-corrected chi connectivity index (χ3v) is 4.27. The van der Waals surface area contributed by atoms with Gasteiger partial charge < -0.3 is 0 Å². The summed E-state index contributed by atoms with van der Waals surface area (Å²) >= 11 is 5.64. The molecule has 0 radical (unpaired) electrons. The van der Waals surface area contributed by atoms with Crippen LogP contribution in [0.5, 0.6) is 0 Å². The molecular weight excluding hydrogens is 428 g/mol. The van der Waals surface area contributed by atoms with E-state index >= 15 is 0 Å². The molecule has 0 fully saturated rings. The van der Waals surface area contributed by atoms with Gasteiger partial charge in [0.15, 0.2) is 0 Å². The van der Waals surface area contributed by atoms with Gasteiger partial charge in [0.2, 0.25) is 0 Å². The summed E-state index contributed by atoms with van der Waals surface area (Å²) in [5.41, 5.74) is 0. The number of nitrogens with zero attached hydrogens (tertiary/aromatic N) is 1. The fraction of sp³-hybridized carbons (Fsp3) is 0. The van der Waals surface area contributed by atoms with Gasteiger partial charge in [0.1, 0.15) is 0 Å². The highest BCUT2D eigenvalue weighted by Crippen LogP contribution is 2.35. The summed E-state index contributed by atoms with van der Waals surface area (Å²) in [4.78, 5) is 10.2. The van der Waals surface area contributed by atoms with E-state index in [-0.39, 0.29) is 9.92 Å². The molecule has 72 valence electrons. The monoisotopic (exact) mass is 431 g/mol. The Balaban J connectivity index is 2.76. The van der Waals surface area contributed by atoms with Crippen LogP contribution in [0.25, 0.3) is 10.1 Å². The Morgan fingerprint density at radius 3 is 2.64 bits per heavy atom. The first-order chi connectivity index (χ1) is 6.58. The quantitative estimate of drug-likeness (QED) is 0.389. The Labute approximate surface area is 111 Å². The molecule has 0 atom stereocenters. The molecule has 0 aliphatic carbocycles. The van der Waals surface area contributed by atoms with Crippen LogP contribution in [0, 0.1) is 17.3 Å². The van der Waals surface area contributed by atoms with Crippen LogP contribution in [0.1, 0.15) is 0 Å². The van der Waals surface area contributed by atoms with Crippen molar-refractivity contribution in [3.63, 3.8) is 0 Å². The SMILES string of the molecule is O=[N+]([O-])c1cc2c(I)cc(I)cc2s1. The summed E-state index contributed by atoms with van der Waals surface area (Å²) in [7, 11) is 0. The predicted molar refractivity (Wildman–Crippen MR) is 73.9 cm³/mol. The molecule has 0 saturated heterocycles. The number of halogens is 2. The number of benzene rings is 1. The highest BCUT2D eigenvalue weighted by molar-refractivity contribution is 14.1. The molecule has 1 heterocycles. The largest absolute Gasteiger partial charge is 0.325 e. The molecule has 0 aliphatic rings. The van der Waals surface area contributed by atoms with Gasteiger partial charge in [-0.25, -0.2) is 0 Å². The molecule has 2 aromatic rings. The molecule has 0 N–H and O–H groups in total. The van der Waals surface area contributed by atoms with E-state index in [1.165, 1.54) is 11.3 Å². The van der Waals surface area contributed by atoms with E-state index in [0.29, 0.717) is 0 Å². The minimum atomic E-state index is -0.340. The summed E-state index contributed by atoms with van der Waals surface area (Å²) < 4.78 is 3.15. The lowest BCUT2D eigenvalue weighted by molar-refractivity contribution is -0.380. The van der Waals surface area contributed by atoms with Crippen LogP contribution in [0.3, 0.4) is 0 Å². The lowest BCUT2D eigenvalue weighted by atomic mass is 10.3. The second-order valence-electron chi connectivity index (χ2n) is 2.64. The van der Waals surface area contributed by atoms with Crippen LogP contribution in [-0.4, -0.2) is 4.92 Å². The van der Waals surface area contributed by atoms with Crippen molar-refractivity contribution in [3.8, 4) is 0 Å². The van der Waals surface area contributed by atoms with E-state index in [0.717, 1.165) is 17.2 Å². The van der Waals surface area contributed by atoms with Crippen molar-refractivity contribution in [1.29, 1.82) is 0 Å². The molecule has 0 unspecified atom stereocenters. The lowest BCUT2D eigenvalue weighted by Gasteiger charge is -1.93. The first kappa shape index (κ1) is 10.6.